The van der Waals surface area contributed by atoms with Crippen molar-refractivity contribution in [3.05, 3.63) is 0 Å². The fraction of sp³-hybridized carbons (Fsp3) is 0.833. The lowest BCUT2D eigenvalue weighted by molar-refractivity contribution is -0.117. The van der Waals surface area contributed by atoms with Gasteiger partial charge in [0.05, 0.1) is 0 Å². The van der Waals surface area contributed by atoms with Gasteiger partial charge in [-0.3, -0.25) is 0 Å². The van der Waals surface area contributed by atoms with Gasteiger partial charge in [0.1, 0.15) is 5.78 Å². The zero-order valence-electron chi connectivity index (χ0n) is 5.44. The van der Waals surface area contributed by atoms with E-state index in [1.165, 1.54) is 0 Å². The second kappa shape index (κ2) is 4.78. The van der Waals surface area contributed by atoms with Gasteiger partial charge in [-0.05, 0) is 13.3 Å². The van der Waals surface area contributed by atoms with E-state index in [0.29, 0.717) is 13.0 Å². The minimum absolute atomic E-state index is 0.238. The fourth-order valence-electron chi connectivity index (χ4n) is 0.465. The summed E-state index contributed by atoms with van der Waals surface area (Å²) in [4.78, 5) is 10.3. The minimum Gasteiger partial charge on any atom is -0.385 e. The van der Waals surface area contributed by atoms with Gasteiger partial charge in [-0.15, -0.1) is 0 Å². The second-order valence-electron chi connectivity index (χ2n) is 1.80. The third kappa shape index (κ3) is 5.63. The van der Waals surface area contributed by atoms with E-state index >= 15 is 0 Å². The molecule has 2 nitrogen and oxygen atoms in total. The Kier molecular flexibility index (Phi) is 4.56. The summed E-state index contributed by atoms with van der Waals surface area (Å²) < 4.78 is 4.74. The number of methoxy groups -OCH3 is 1. The predicted molar refractivity (Wildman–Crippen MR) is 31.8 cm³/mol. The molecule has 0 aliphatic heterocycles. The van der Waals surface area contributed by atoms with E-state index in [1.807, 2.05) is 0 Å². The average molecular weight is 116 g/mol. The van der Waals surface area contributed by atoms with Crippen LogP contribution in [0.25, 0.3) is 0 Å². The molecule has 0 aliphatic carbocycles. The summed E-state index contributed by atoms with van der Waals surface area (Å²) >= 11 is 0. The first-order chi connectivity index (χ1) is 3.77. The van der Waals surface area contributed by atoms with Crippen LogP contribution in [0.4, 0.5) is 0 Å². The molecule has 0 heterocycles. The van der Waals surface area contributed by atoms with E-state index in [9.17, 15) is 4.79 Å². The van der Waals surface area contributed by atoms with Gasteiger partial charge in [0.25, 0.3) is 0 Å². The Labute approximate surface area is 49.8 Å². The lowest BCUT2D eigenvalue weighted by Gasteiger charge is -1.92. The average Bonchev–Trinajstić information content (AvgIpc) is 1.66. The number of ether oxygens (including phenoxy) is 1. The van der Waals surface area contributed by atoms with E-state index in [-0.39, 0.29) is 5.78 Å². The summed E-state index contributed by atoms with van der Waals surface area (Å²) in [6.45, 7) is 2.29. The van der Waals surface area contributed by atoms with Gasteiger partial charge in [-0.1, -0.05) is 0 Å². The van der Waals surface area contributed by atoms with E-state index in [0.717, 1.165) is 6.42 Å². The molecular weight excluding hydrogens is 104 g/mol. The molecule has 48 valence electrons. The summed E-state index contributed by atoms with van der Waals surface area (Å²) in [6.07, 6.45) is 1.50. The van der Waals surface area contributed by atoms with Crippen molar-refractivity contribution in [1.29, 1.82) is 0 Å². The molecule has 0 atom stereocenters. The molecule has 0 saturated carbocycles. The van der Waals surface area contributed by atoms with E-state index in [2.05, 4.69) is 0 Å². The van der Waals surface area contributed by atoms with Crippen LogP contribution in [0.5, 0.6) is 0 Å². The Hall–Kier alpha value is -0.370. The molecule has 0 unspecified atom stereocenters. The Morgan fingerprint density at radius 3 is 2.62 bits per heavy atom. The van der Waals surface area contributed by atoms with E-state index in [1.54, 1.807) is 14.0 Å². The van der Waals surface area contributed by atoms with Gasteiger partial charge >= 0.3 is 0 Å². The van der Waals surface area contributed by atoms with Gasteiger partial charge in [0.15, 0.2) is 0 Å². The maximum absolute atomic E-state index is 10.3. The molecule has 8 heavy (non-hydrogen) atoms. The molecule has 0 aliphatic rings. The maximum atomic E-state index is 10.3. The Bertz CT molecular complexity index is 68.9. The van der Waals surface area contributed by atoms with Gasteiger partial charge in [-0.25, -0.2) is 0 Å². The number of carbonyl (C=O) groups excluding carboxylic acids is 1. The SMILES string of the molecule is COCCCC(C)=O. The molecule has 0 radical (unpaired) electrons. The van der Waals surface area contributed by atoms with Gasteiger partial charge in [-0.2, -0.15) is 0 Å². The molecule has 0 fully saturated rings. The first-order valence-electron chi connectivity index (χ1n) is 2.75. The zero-order chi connectivity index (χ0) is 6.41. The number of hydrogen-bond acceptors (Lipinski definition) is 2. The van der Waals surface area contributed by atoms with Crippen LogP contribution in [0.2, 0.25) is 0 Å². The molecular formula is C6H12O2. The highest BCUT2D eigenvalue weighted by Crippen LogP contribution is 1.88. The van der Waals surface area contributed by atoms with E-state index < -0.39 is 0 Å². The highest BCUT2D eigenvalue weighted by Gasteiger charge is 1.89. The molecule has 0 rings (SSSR count). The van der Waals surface area contributed by atoms with Crippen LogP contribution >= 0.6 is 0 Å². The van der Waals surface area contributed by atoms with Crippen LogP contribution in [0.3, 0.4) is 0 Å². The predicted octanol–water partition coefficient (Wildman–Crippen LogP) is 1.00. The Morgan fingerprint density at radius 2 is 2.25 bits per heavy atom. The second-order valence-corrected chi connectivity index (χ2v) is 1.80. The lowest BCUT2D eigenvalue weighted by atomic mass is 10.2. The van der Waals surface area contributed by atoms with Crippen LogP contribution in [0.15, 0.2) is 0 Å². The van der Waals surface area contributed by atoms with Crippen molar-refractivity contribution >= 4 is 5.78 Å². The van der Waals surface area contributed by atoms with Crippen molar-refractivity contribution in [2.24, 2.45) is 0 Å². The molecule has 0 N–H and O–H groups in total. The smallest absolute Gasteiger partial charge is 0.129 e. The number of carbonyl (C=O) groups is 1. The molecule has 0 saturated heterocycles. The number of Topliss-reactive ketones (excluding diaryl/α,β-unsaturated/α-hetero) is 1. The molecule has 0 aromatic heterocycles. The van der Waals surface area contributed by atoms with E-state index in [4.69, 9.17) is 4.74 Å². The van der Waals surface area contributed by atoms with Crippen molar-refractivity contribution in [3.63, 3.8) is 0 Å². The van der Waals surface area contributed by atoms with Crippen LogP contribution in [0.1, 0.15) is 19.8 Å². The van der Waals surface area contributed by atoms with Crippen LogP contribution < -0.4 is 0 Å². The van der Waals surface area contributed by atoms with Crippen LogP contribution in [-0.4, -0.2) is 19.5 Å². The highest BCUT2D eigenvalue weighted by molar-refractivity contribution is 5.75. The minimum atomic E-state index is 0.238. The lowest BCUT2D eigenvalue weighted by Crippen LogP contribution is -1.94. The van der Waals surface area contributed by atoms with Gasteiger partial charge < -0.3 is 9.53 Å². The van der Waals surface area contributed by atoms with Crippen molar-refractivity contribution in [2.75, 3.05) is 13.7 Å². The summed E-state index contributed by atoms with van der Waals surface area (Å²) in [5.74, 6) is 0.238. The monoisotopic (exact) mass is 116 g/mol. The molecule has 2 heteroatoms. The summed E-state index contributed by atoms with van der Waals surface area (Å²) in [7, 11) is 1.64. The molecule has 0 aromatic carbocycles. The van der Waals surface area contributed by atoms with Crippen molar-refractivity contribution in [1.82, 2.24) is 0 Å². The normalized spacial score (nSPS) is 9.25. The zero-order valence-corrected chi connectivity index (χ0v) is 5.44. The standard InChI is InChI=1S/C6H12O2/c1-6(7)4-3-5-8-2/h3-5H2,1-2H3. The molecule has 0 amide bonds. The highest BCUT2D eigenvalue weighted by atomic mass is 16.5. The number of hydrogen-bond donors (Lipinski definition) is 0. The van der Waals surface area contributed by atoms with Crippen LogP contribution in [0, 0.1) is 0 Å². The molecule has 0 spiro atoms. The summed E-state index contributed by atoms with van der Waals surface area (Å²) in [5, 5.41) is 0. The first-order valence-corrected chi connectivity index (χ1v) is 2.75. The van der Waals surface area contributed by atoms with Crippen molar-refractivity contribution in [3.8, 4) is 0 Å². The van der Waals surface area contributed by atoms with Crippen molar-refractivity contribution < 1.29 is 9.53 Å². The number of rotatable bonds is 4. The van der Waals surface area contributed by atoms with Gasteiger partial charge in [0.2, 0.25) is 0 Å². The first kappa shape index (κ1) is 7.63. The summed E-state index contributed by atoms with van der Waals surface area (Å²) in [6, 6.07) is 0. The third-order valence-electron chi connectivity index (χ3n) is 0.877. The van der Waals surface area contributed by atoms with Crippen LogP contribution in [-0.2, 0) is 9.53 Å². The molecule has 0 bridgehead atoms. The topological polar surface area (TPSA) is 26.3 Å². The Morgan fingerprint density at radius 1 is 1.62 bits per heavy atom. The molecule has 0 aromatic rings. The third-order valence-corrected chi connectivity index (χ3v) is 0.877. The fourth-order valence-corrected chi connectivity index (χ4v) is 0.465. The Balaban J connectivity index is 2.82. The quantitative estimate of drug-likeness (QED) is 0.512. The maximum Gasteiger partial charge on any atom is 0.129 e. The van der Waals surface area contributed by atoms with Gasteiger partial charge in [0, 0.05) is 20.1 Å². The van der Waals surface area contributed by atoms with Crippen molar-refractivity contribution in [2.45, 2.75) is 19.8 Å². The largest absolute Gasteiger partial charge is 0.385 e. The number of ketones is 1. The summed E-state index contributed by atoms with van der Waals surface area (Å²) in [5.41, 5.74) is 0.